The Morgan fingerprint density at radius 3 is 2.77 bits per heavy atom. The number of amides is 1. The second-order valence-electron chi connectivity index (χ2n) is 3.54. The first-order valence-corrected chi connectivity index (χ1v) is 4.58. The number of hydrogen-bond donors (Lipinski definition) is 1. The van der Waals surface area contributed by atoms with E-state index in [1.165, 1.54) is 0 Å². The van der Waals surface area contributed by atoms with E-state index in [9.17, 15) is 9.59 Å². The van der Waals surface area contributed by atoms with E-state index >= 15 is 0 Å². The highest BCUT2D eigenvalue weighted by Crippen LogP contribution is 2.21. The molecule has 1 heterocycles. The maximum Gasteiger partial charge on any atom is 0.308 e. The zero-order valence-corrected chi connectivity index (χ0v) is 7.99. The number of carbonyl (C=O) groups is 2. The van der Waals surface area contributed by atoms with Gasteiger partial charge in [0.1, 0.15) is 0 Å². The summed E-state index contributed by atoms with van der Waals surface area (Å²) in [7, 11) is 0. The first kappa shape index (κ1) is 10.0. The molecule has 74 valence electrons. The van der Waals surface area contributed by atoms with Crippen LogP contribution in [-0.4, -0.2) is 34.5 Å². The SMILES string of the molecule is CC[C@H](C)N1C[C@H](C(=O)O)CC1=O. The summed E-state index contributed by atoms with van der Waals surface area (Å²) >= 11 is 0. The fourth-order valence-corrected chi connectivity index (χ4v) is 1.54. The lowest BCUT2D eigenvalue weighted by atomic mass is 10.1. The van der Waals surface area contributed by atoms with Crippen LogP contribution in [0.1, 0.15) is 26.7 Å². The van der Waals surface area contributed by atoms with Crippen LogP contribution >= 0.6 is 0 Å². The highest BCUT2D eigenvalue weighted by molar-refractivity contribution is 5.86. The Kier molecular flexibility index (Phi) is 2.90. The van der Waals surface area contributed by atoms with Crippen LogP contribution in [0.2, 0.25) is 0 Å². The first-order valence-electron chi connectivity index (χ1n) is 4.58. The Hall–Kier alpha value is -1.06. The van der Waals surface area contributed by atoms with Gasteiger partial charge in [-0.25, -0.2) is 0 Å². The summed E-state index contributed by atoms with van der Waals surface area (Å²) in [4.78, 5) is 23.6. The van der Waals surface area contributed by atoms with E-state index in [0.29, 0.717) is 6.54 Å². The van der Waals surface area contributed by atoms with Crippen molar-refractivity contribution < 1.29 is 14.7 Å². The maximum absolute atomic E-state index is 11.4. The van der Waals surface area contributed by atoms with Gasteiger partial charge in [0.15, 0.2) is 0 Å². The summed E-state index contributed by atoms with van der Waals surface area (Å²) in [5.41, 5.74) is 0. The average Bonchev–Trinajstić information content (AvgIpc) is 2.46. The van der Waals surface area contributed by atoms with Gasteiger partial charge < -0.3 is 10.0 Å². The summed E-state index contributed by atoms with van der Waals surface area (Å²) < 4.78 is 0. The Balaban J connectivity index is 2.61. The van der Waals surface area contributed by atoms with Crippen LogP contribution < -0.4 is 0 Å². The van der Waals surface area contributed by atoms with Crippen molar-refractivity contribution in [3.8, 4) is 0 Å². The Morgan fingerprint density at radius 2 is 2.38 bits per heavy atom. The van der Waals surface area contributed by atoms with Crippen LogP contribution in [-0.2, 0) is 9.59 Å². The lowest BCUT2D eigenvalue weighted by Crippen LogP contribution is -2.34. The molecule has 4 nitrogen and oxygen atoms in total. The predicted octanol–water partition coefficient (Wildman–Crippen LogP) is 0.718. The zero-order valence-electron chi connectivity index (χ0n) is 7.99. The molecular weight excluding hydrogens is 170 g/mol. The normalized spacial score (nSPS) is 24.9. The number of carboxylic acid groups (broad SMARTS) is 1. The minimum atomic E-state index is -0.862. The van der Waals surface area contributed by atoms with Crippen LogP contribution in [0.5, 0.6) is 0 Å². The van der Waals surface area contributed by atoms with Gasteiger partial charge in [-0.05, 0) is 13.3 Å². The molecule has 0 aliphatic carbocycles. The van der Waals surface area contributed by atoms with Gasteiger partial charge in [-0.3, -0.25) is 9.59 Å². The topological polar surface area (TPSA) is 57.6 Å². The molecule has 0 saturated carbocycles. The molecule has 1 aliphatic rings. The second-order valence-corrected chi connectivity index (χ2v) is 3.54. The minimum absolute atomic E-state index is 0.0262. The molecule has 13 heavy (non-hydrogen) atoms. The van der Waals surface area contributed by atoms with Crippen molar-refractivity contribution in [1.82, 2.24) is 4.90 Å². The fourth-order valence-electron chi connectivity index (χ4n) is 1.54. The van der Waals surface area contributed by atoms with Gasteiger partial charge in [-0.2, -0.15) is 0 Å². The van der Waals surface area contributed by atoms with Gasteiger partial charge in [0.25, 0.3) is 0 Å². The van der Waals surface area contributed by atoms with Crippen LogP contribution in [0.3, 0.4) is 0 Å². The quantitative estimate of drug-likeness (QED) is 0.704. The lowest BCUT2D eigenvalue weighted by Gasteiger charge is -2.22. The van der Waals surface area contributed by atoms with E-state index in [1.54, 1.807) is 4.90 Å². The van der Waals surface area contributed by atoms with Crippen molar-refractivity contribution in [3.05, 3.63) is 0 Å². The minimum Gasteiger partial charge on any atom is -0.481 e. The van der Waals surface area contributed by atoms with Gasteiger partial charge in [-0.1, -0.05) is 6.92 Å². The Morgan fingerprint density at radius 1 is 1.77 bits per heavy atom. The van der Waals surface area contributed by atoms with Gasteiger partial charge in [0.2, 0.25) is 5.91 Å². The third kappa shape index (κ3) is 1.99. The van der Waals surface area contributed by atoms with Crippen LogP contribution in [0, 0.1) is 5.92 Å². The van der Waals surface area contributed by atoms with E-state index in [-0.39, 0.29) is 18.4 Å². The standard InChI is InChI=1S/C9H15NO3/c1-3-6(2)10-5-7(9(12)13)4-8(10)11/h6-7H,3-5H2,1-2H3,(H,12,13)/t6-,7+/m0/s1. The van der Waals surface area contributed by atoms with E-state index < -0.39 is 11.9 Å². The van der Waals surface area contributed by atoms with Crippen molar-refractivity contribution >= 4 is 11.9 Å². The van der Waals surface area contributed by atoms with Crippen molar-refractivity contribution in [1.29, 1.82) is 0 Å². The molecule has 1 N–H and O–H groups in total. The van der Waals surface area contributed by atoms with Gasteiger partial charge in [0.05, 0.1) is 5.92 Å². The molecule has 1 aliphatic heterocycles. The molecule has 1 rings (SSSR count). The third-order valence-corrected chi connectivity index (χ3v) is 2.63. The summed E-state index contributed by atoms with van der Waals surface area (Å²) in [6.45, 7) is 4.32. The van der Waals surface area contributed by atoms with Crippen LogP contribution in [0.4, 0.5) is 0 Å². The molecular formula is C9H15NO3. The molecule has 1 fully saturated rings. The maximum atomic E-state index is 11.4. The summed E-state index contributed by atoms with van der Waals surface area (Å²) in [6, 6.07) is 0.164. The van der Waals surface area contributed by atoms with Gasteiger partial charge in [-0.15, -0.1) is 0 Å². The molecule has 0 radical (unpaired) electrons. The highest BCUT2D eigenvalue weighted by atomic mass is 16.4. The van der Waals surface area contributed by atoms with Crippen molar-refractivity contribution in [3.63, 3.8) is 0 Å². The fraction of sp³-hybridized carbons (Fsp3) is 0.778. The number of hydrogen-bond acceptors (Lipinski definition) is 2. The Labute approximate surface area is 77.5 Å². The van der Waals surface area contributed by atoms with Gasteiger partial charge >= 0.3 is 5.97 Å². The number of rotatable bonds is 3. The molecule has 2 atom stereocenters. The van der Waals surface area contributed by atoms with Crippen LogP contribution in [0.15, 0.2) is 0 Å². The third-order valence-electron chi connectivity index (χ3n) is 2.63. The summed E-state index contributed by atoms with van der Waals surface area (Å²) in [6.07, 6.45) is 1.04. The molecule has 0 unspecified atom stereocenters. The highest BCUT2D eigenvalue weighted by Gasteiger charge is 2.35. The van der Waals surface area contributed by atoms with Crippen LogP contribution in [0.25, 0.3) is 0 Å². The molecule has 1 saturated heterocycles. The zero-order chi connectivity index (χ0) is 10.0. The van der Waals surface area contributed by atoms with E-state index in [0.717, 1.165) is 6.42 Å². The molecule has 0 aromatic heterocycles. The molecule has 0 bridgehead atoms. The molecule has 4 heteroatoms. The van der Waals surface area contributed by atoms with E-state index in [2.05, 4.69) is 0 Å². The summed E-state index contributed by atoms with van der Waals surface area (Å²) in [5, 5.41) is 8.72. The van der Waals surface area contributed by atoms with E-state index in [4.69, 9.17) is 5.11 Å². The molecule has 0 aromatic rings. The van der Waals surface area contributed by atoms with E-state index in [1.807, 2.05) is 13.8 Å². The second kappa shape index (κ2) is 3.77. The molecule has 0 aromatic carbocycles. The van der Waals surface area contributed by atoms with Crippen molar-refractivity contribution in [2.24, 2.45) is 5.92 Å². The Bertz CT molecular complexity index is 227. The van der Waals surface area contributed by atoms with Crippen molar-refractivity contribution in [2.75, 3.05) is 6.54 Å². The van der Waals surface area contributed by atoms with Gasteiger partial charge in [0, 0.05) is 19.0 Å². The monoisotopic (exact) mass is 185 g/mol. The van der Waals surface area contributed by atoms with Crippen molar-refractivity contribution in [2.45, 2.75) is 32.7 Å². The number of carboxylic acids is 1. The number of aliphatic carboxylic acids is 1. The number of likely N-dealkylation sites (tertiary alicyclic amines) is 1. The predicted molar refractivity (Wildman–Crippen MR) is 47.2 cm³/mol. The molecule has 1 amide bonds. The number of nitrogens with zero attached hydrogens (tertiary/aromatic N) is 1. The average molecular weight is 185 g/mol. The lowest BCUT2D eigenvalue weighted by molar-refractivity contribution is -0.141. The molecule has 0 spiro atoms. The number of carbonyl (C=O) groups excluding carboxylic acids is 1. The largest absolute Gasteiger partial charge is 0.481 e. The smallest absolute Gasteiger partial charge is 0.308 e. The first-order chi connectivity index (χ1) is 6.06. The summed E-state index contributed by atoms with van der Waals surface area (Å²) in [5.74, 6) is -1.39.